The van der Waals surface area contributed by atoms with Gasteiger partial charge in [-0.05, 0) is 42.8 Å². The Morgan fingerprint density at radius 3 is 2.72 bits per heavy atom. The zero-order valence-electron chi connectivity index (χ0n) is 16.0. The molecule has 1 amide bonds. The molecule has 0 aliphatic carbocycles. The Labute approximate surface area is 168 Å². The van der Waals surface area contributed by atoms with Crippen LogP contribution in [0.2, 0.25) is 0 Å². The van der Waals surface area contributed by atoms with Crippen LogP contribution in [0.4, 0.5) is 5.82 Å². The van der Waals surface area contributed by atoms with Gasteiger partial charge in [-0.15, -0.1) is 15.3 Å². The molecule has 0 spiro atoms. The second-order valence-electron chi connectivity index (χ2n) is 6.69. The fraction of sp³-hybridized carbons (Fsp3) is 0.190. The predicted octanol–water partition coefficient (Wildman–Crippen LogP) is 2.41. The lowest BCUT2D eigenvalue weighted by atomic mass is 10.1. The lowest BCUT2D eigenvalue weighted by Crippen LogP contribution is -2.26. The van der Waals surface area contributed by atoms with E-state index in [0.717, 1.165) is 11.1 Å². The fourth-order valence-electron chi connectivity index (χ4n) is 2.87. The molecule has 0 aliphatic rings. The molecular weight excluding hydrogens is 366 g/mol. The molecular formula is C21H21N7O. The number of nitrogens with zero attached hydrogens (tertiary/aromatic N) is 5. The van der Waals surface area contributed by atoms with Gasteiger partial charge in [-0.25, -0.2) is 0 Å². The number of pyridine rings is 1. The number of hydrogen-bond donors (Lipinski definition) is 2. The van der Waals surface area contributed by atoms with Crippen LogP contribution in [0.3, 0.4) is 0 Å². The Morgan fingerprint density at radius 1 is 1.07 bits per heavy atom. The van der Waals surface area contributed by atoms with Crippen molar-refractivity contribution in [2.24, 2.45) is 0 Å². The average molecular weight is 387 g/mol. The van der Waals surface area contributed by atoms with E-state index < -0.39 is 0 Å². The summed E-state index contributed by atoms with van der Waals surface area (Å²) in [5, 5.41) is 19.1. The summed E-state index contributed by atoms with van der Waals surface area (Å²) in [5.41, 5.74) is 3.49. The van der Waals surface area contributed by atoms with Gasteiger partial charge in [0.15, 0.2) is 11.5 Å². The standard InChI is InChI=1S/C21H21N7O/c1-15-4-6-17(7-5-15)21(29)23-12-10-20-26-25-19-9-8-18(27-28(19)20)24-14-16-3-2-11-22-13-16/h2-9,11,13H,10,12,14H2,1H3,(H,23,29)(H,24,27). The molecule has 0 saturated heterocycles. The van der Waals surface area contributed by atoms with E-state index in [4.69, 9.17) is 0 Å². The molecule has 2 N–H and O–H groups in total. The highest BCUT2D eigenvalue weighted by atomic mass is 16.1. The first-order valence-electron chi connectivity index (χ1n) is 9.38. The summed E-state index contributed by atoms with van der Waals surface area (Å²) in [6.07, 6.45) is 4.08. The van der Waals surface area contributed by atoms with Gasteiger partial charge in [0.25, 0.3) is 5.91 Å². The normalized spacial score (nSPS) is 10.8. The van der Waals surface area contributed by atoms with E-state index in [1.165, 1.54) is 0 Å². The number of benzene rings is 1. The second-order valence-corrected chi connectivity index (χ2v) is 6.69. The lowest BCUT2D eigenvalue weighted by Gasteiger charge is -2.07. The molecule has 0 fully saturated rings. The molecule has 8 nitrogen and oxygen atoms in total. The maximum absolute atomic E-state index is 12.2. The number of anilines is 1. The first kappa shape index (κ1) is 18.5. The smallest absolute Gasteiger partial charge is 0.251 e. The van der Waals surface area contributed by atoms with Crippen molar-refractivity contribution in [1.29, 1.82) is 0 Å². The van der Waals surface area contributed by atoms with Gasteiger partial charge >= 0.3 is 0 Å². The molecule has 0 saturated carbocycles. The van der Waals surface area contributed by atoms with Crippen molar-refractivity contribution < 1.29 is 4.79 Å². The van der Waals surface area contributed by atoms with Gasteiger partial charge in [-0.1, -0.05) is 23.8 Å². The van der Waals surface area contributed by atoms with Gasteiger partial charge in [0.2, 0.25) is 0 Å². The van der Waals surface area contributed by atoms with E-state index in [2.05, 4.69) is 30.9 Å². The number of carbonyl (C=O) groups excluding carboxylic acids is 1. The Hall–Kier alpha value is -3.81. The van der Waals surface area contributed by atoms with E-state index in [1.807, 2.05) is 61.7 Å². The quantitative estimate of drug-likeness (QED) is 0.505. The molecule has 8 heteroatoms. The number of carbonyl (C=O) groups is 1. The molecule has 0 unspecified atom stereocenters. The summed E-state index contributed by atoms with van der Waals surface area (Å²) in [6.45, 7) is 3.06. The summed E-state index contributed by atoms with van der Waals surface area (Å²) in [6, 6.07) is 15.1. The number of aryl methyl sites for hydroxylation is 1. The minimum Gasteiger partial charge on any atom is -0.364 e. The molecule has 0 atom stereocenters. The highest BCUT2D eigenvalue weighted by Crippen LogP contribution is 2.09. The Kier molecular flexibility index (Phi) is 5.42. The first-order chi connectivity index (χ1) is 14.2. The summed E-state index contributed by atoms with van der Waals surface area (Å²) >= 11 is 0. The van der Waals surface area contributed by atoms with Crippen molar-refractivity contribution in [3.05, 3.63) is 83.4 Å². The molecule has 0 aliphatic heterocycles. The van der Waals surface area contributed by atoms with Gasteiger partial charge in [0.05, 0.1) is 0 Å². The number of aromatic nitrogens is 5. The fourth-order valence-corrected chi connectivity index (χ4v) is 2.87. The molecule has 0 radical (unpaired) electrons. The first-order valence-corrected chi connectivity index (χ1v) is 9.38. The molecule has 1 aromatic carbocycles. The van der Waals surface area contributed by atoms with Crippen molar-refractivity contribution in [2.45, 2.75) is 19.9 Å². The molecule has 4 aromatic rings. The molecule has 4 rings (SSSR count). The number of nitrogens with one attached hydrogen (secondary N) is 2. The van der Waals surface area contributed by atoms with Crippen molar-refractivity contribution in [3.8, 4) is 0 Å². The van der Waals surface area contributed by atoms with Crippen LogP contribution in [0.1, 0.15) is 27.3 Å². The lowest BCUT2D eigenvalue weighted by molar-refractivity contribution is 0.0954. The molecule has 29 heavy (non-hydrogen) atoms. The van der Waals surface area contributed by atoms with E-state index in [1.54, 1.807) is 10.7 Å². The van der Waals surface area contributed by atoms with Crippen LogP contribution >= 0.6 is 0 Å². The van der Waals surface area contributed by atoms with Crippen LogP contribution in [-0.4, -0.2) is 37.2 Å². The molecule has 0 bridgehead atoms. The second kappa shape index (κ2) is 8.47. The number of hydrogen-bond acceptors (Lipinski definition) is 6. The Balaban J connectivity index is 1.38. The SMILES string of the molecule is Cc1ccc(C(=O)NCCc2nnc3ccc(NCc4cccnc4)nn23)cc1. The van der Waals surface area contributed by atoms with Gasteiger partial charge < -0.3 is 10.6 Å². The van der Waals surface area contributed by atoms with E-state index in [9.17, 15) is 4.79 Å². The number of fused-ring (bicyclic) bond motifs is 1. The highest BCUT2D eigenvalue weighted by Gasteiger charge is 2.09. The third-order valence-electron chi connectivity index (χ3n) is 4.47. The maximum Gasteiger partial charge on any atom is 0.251 e. The molecule has 3 aromatic heterocycles. The minimum absolute atomic E-state index is 0.106. The highest BCUT2D eigenvalue weighted by molar-refractivity contribution is 5.94. The third-order valence-corrected chi connectivity index (χ3v) is 4.47. The van der Waals surface area contributed by atoms with Crippen LogP contribution in [0.25, 0.3) is 5.65 Å². The van der Waals surface area contributed by atoms with Crippen LogP contribution in [0.15, 0.2) is 60.9 Å². The van der Waals surface area contributed by atoms with E-state index in [0.29, 0.717) is 42.4 Å². The summed E-state index contributed by atoms with van der Waals surface area (Å²) in [5.74, 6) is 1.30. The van der Waals surface area contributed by atoms with Gasteiger partial charge in [0.1, 0.15) is 5.82 Å². The summed E-state index contributed by atoms with van der Waals surface area (Å²) in [7, 11) is 0. The Morgan fingerprint density at radius 2 is 1.93 bits per heavy atom. The van der Waals surface area contributed by atoms with Crippen LogP contribution in [-0.2, 0) is 13.0 Å². The van der Waals surface area contributed by atoms with Crippen LogP contribution < -0.4 is 10.6 Å². The minimum atomic E-state index is -0.106. The molecule has 146 valence electrons. The largest absolute Gasteiger partial charge is 0.364 e. The van der Waals surface area contributed by atoms with Crippen molar-refractivity contribution in [2.75, 3.05) is 11.9 Å². The zero-order valence-corrected chi connectivity index (χ0v) is 16.0. The predicted molar refractivity (Wildman–Crippen MR) is 110 cm³/mol. The topological polar surface area (TPSA) is 97.1 Å². The van der Waals surface area contributed by atoms with Crippen molar-refractivity contribution in [1.82, 2.24) is 30.1 Å². The van der Waals surface area contributed by atoms with Crippen molar-refractivity contribution >= 4 is 17.4 Å². The number of rotatable bonds is 7. The van der Waals surface area contributed by atoms with Gasteiger partial charge in [0, 0.05) is 37.5 Å². The van der Waals surface area contributed by atoms with Crippen LogP contribution in [0, 0.1) is 6.92 Å². The van der Waals surface area contributed by atoms with Crippen molar-refractivity contribution in [3.63, 3.8) is 0 Å². The van der Waals surface area contributed by atoms with Crippen LogP contribution in [0.5, 0.6) is 0 Å². The van der Waals surface area contributed by atoms with Gasteiger partial charge in [-0.2, -0.15) is 4.52 Å². The van der Waals surface area contributed by atoms with Gasteiger partial charge in [-0.3, -0.25) is 9.78 Å². The van der Waals surface area contributed by atoms with E-state index in [-0.39, 0.29) is 5.91 Å². The monoisotopic (exact) mass is 387 g/mol. The zero-order chi connectivity index (χ0) is 20.1. The summed E-state index contributed by atoms with van der Waals surface area (Å²) < 4.78 is 1.70. The van der Waals surface area contributed by atoms with E-state index >= 15 is 0 Å². The average Bonchev–Trinajstić information content (AvgIpc) is 3.16. The third kappa shape index (κ3) is 4.55. The maximum atomic E-state index is 12.2. The molecule has 3 heterocycles. The number of amides is 1. The Bertz CT molecular complexity index is 1110. The summed E-state index contributed by atoms with van der Waals surface area (Å²) in [4.78, 5) is 16.3.